The maximum Gasteiger partial charge on any atom is 0.278 e. The number of hydrogen-bond acceptors (Lipinski definition) is 3. The lowest BCUT2D eigenvalue weighted by molar-refractivity contribution is -0.114. The first-order chi connectivity index (χ1) is 8.66. The fraction of sp³-hybridized carbons (Fsp3) is 0.0833. The molecular weight excluding hydrogens is 232 g/mol. The van der Waals surface area contributed by atoms with Crippen LogP contribution in [0.3, 0.4) is 0 Å². The third-order valence-corrected chi connectivity index (χ3v) is 2.20. The Balaban J connectivity index is 2.14. The zero-order valence-electron chi connectivity index (χ0n) is 9.73. The van der Waals surface area contributed by atoms with Crippen molar-refractivity contribution >= 4 is 23.2 Å². The summed E-state index contributed by atoms with van der Waals surface area (Å²) in [6.45, 7) is 1.37. The van der Waals surface area contributed by atoms with Gasteiger partial charge in [0.1, 0.15) is 0 Å². The highest BCUT2D eigenvalue weighted by atomic mass is 16.2. The van der Waals surface area contributed by atoms with E-state index in [0.29, 0.717) is 11.4 Å². The van der Waals surface area contributed by atoms with Crippen LogP contribution in [0.2, 0.25) is 0 Å². The Morgan fingerprint density at radius 2 is 1.89 bits per heavy atom. The summed E-state index contributed by atoms with van der Waals surface area (Å²) in [7, 11) is 0. The molecule has 6 heteroatoms. The summed E-state index contributed by atoms with van der Waals surface area (Å²) in [6, 6.07) is 9.02. The topological polar surface area (TPSA) is 86.9 Å². The fourth-order valence-corrected chi connectivity index (χ4v) is 1.46. The summed E-state index contributed by atoms with van der Waals surface area (Å²) >= 11 is 0. The molecule has 0 aliphatic rings. The van der Waals surface area contributed by atoms with Crippen LogP contribution in [0, 0.1) is 0 Å². The molecule has 0 aliphatic heterocycles. The Labute approximate surface area is 103 Å². The lowest BCUT2D eigenvalue weighted by Crippen LogP contribution is -2.16. The molecule has 2 aromatic rings. The van der Waals surface area contributed by atoms with Gasteiger partial charge >= 0.3 is 0 Å². The SMILES string of the molecule is CC(=O)Nc1c[nH]nc1C(=O)Nc1ccccc1. The van der Waals surface area contributed by atoms with Crippen LogP contribution < -0.4 is 10.6 Å². The first kappa shape index (κ1) is 11.8. The number of nitrogens with one attached hydrogen (secondary N) is 3. The molecule has 3 N–H and O–H groups in total. The molecule has 1 aromatic heterocycles. The van der Waals surface area contributed by atoms with Crippen LogP contribution in [-0.2, 0) is 4.79 Å². The van der Waals surface area contributed by atoms with Crippen LogP contribution in [0.15, 0.2) is 36.5 Å². The van der Waals surface area contributed by atoms with E-state index in [2.05, 4.69) is 20.8 Å². The standard InChI is InChI=1S/C12H12N4O2/c1-8(17)14-10-7-13-16-11(10)12(18)15-9-5-3-2-4-6-9/h2-7H,1H3,(H,13,16)(H,14,17)(H,15,18). The Kier molecular flexibility index (Phi) is 3.38. The number of H-pyrrole nitrogens is 1. The second kappa shape index (κ2) is 5.13. The highest BCUT2D eigenvalue weighted by molar-refractivity contribution is 6.08. The average Bonchev–Trinajstić information content (AvgIpc) is 2.77. The summed E-state index contributed by atoms with van der Waals surface area (Å²) in [5.74, 6) is -0.642. The Morgan fingerprint density at radius 1 is 1.17 bits per heavy atom. The Bertz CT molecular complexity index is 562. The van der Waals surface area contributed by atoms with Crippen molar-refractivity contribution in [2.75, 3.05) is 10.6 Å². The van der Waals surface area contributed by atoms with Crippen molar-refractivity contribution in [2.24, 2.45) is 0 Å². The van der Waals surface area contributed by atoms with Crippen LogP contribution in [-0.4, -0.2) is 22.0 Å². The number of rotatable bonds is 3. The van der Waals surface area contributed by atoms with E-state index in [9.17, 15) is 9.59 Å². The van der Waals surface area contributed by atoms with Crippen LogP contribution in [0.5, 0.6) is 0 Å². The van der Waals surface area contributed by atoms with E-state index in [1.54, 1.807) is 12.1 Å². The zero-order chi connectivity index (χ0) is 13.0. The van der Waals surface area contributed by atoms with Crippen molar-refractivity contribution in [3.05, 3.63) is 42.2 Å². The van der Waals surface area contributed by atoms with Crippen LogP contribution >= 0.6 is 0 Å². The number of para-hydroxylation sites is 1. The van der Waals surface area contributed by atoms with Gasteiger partial charge in [-0.05, 0) is 12.1 Å². The lowest BCUT2D eigenvalue weighted by atomic mass is 10.3. The second-order valence-corrected chi connectivity index (χ2v) is 3.65. The largest absolute Gasteiger partial charge is 0.323 e. The first-order valence-electron chi connectivity index (χ1n) is 5.34. The van der Waals surface area contributed by atoms with Gasteiger partial charge in [0.25, 0.3) is 5.91 Å². The van der Waals surface area contributed by atoms with Crippen LogP contribution in [0.4, 0.5) is 11.4 Å². The smallest absolute Gasteiger partial charge is 0.278 e. The molecule has 0 spiro atoms. The summed E-state index contributed by atoms with van der Waals surface area (Å²) in [6.07, 6.45) is 1.46. The molecule has 0 unspecified atom stereocenters. The minimum absolute atomic E-state index is 0.147. The first-order valence-corrected chi connectivity index (χ1v) is 5.34. The third-order valence-electron chi connectivity index (χ3n) is 2.20. The van der Waals surface area contributed by atoms with Gasteiger partial charge in [0.15, 0.2) is 5.69 Å². The maximum atomic E-state index is 11.9. The van der Waals surface area contributed by atoms with E-state index in [0.717, 1.165) is 0 Å². The number of carbonyl (C=O) groups is 2. The number of hydrogen-bond donors (Lipinski definition) is 3. The lowest BCUT2D eigenvalue weighted by Gasteiger charge is -2.04. The minimum atomic E-state index is -0.383. The van der Waals surface area contributed by atoms with Crippen molar-refractivity contribution in [1.29, 1.82) is 0 Å². The van der Waals surface area contributed by atoms with Gasteiger partial charge in [0, 0.05) is 18.8 Å². The molecule has 0 aliphatic carbocycles. The van der Waals surface area contributed by atoms with E-state index < -0.39 is 0 Å². The molecule has 1 heterocycles. The van der Waals surface area contributed by atoms with Crippen molar-refractivity contribution in [3.8, 4) is 0 Å². The number of aromatic nitrogens is 2. The highest BCUT2D eigenvalue weighted by Gasteiger charge is 2.15. The number of aromatic amines is 1. The van der Waals surface area contributed by atoms with Crippen LogP contribution in [0.1, 0.15) is 17.4 Å². The number of benzene rings is 1. The molecule has 0 saturated carbocycles. The van der Waals surface area contributed by atoms with E-state index in [-0.39, 0.29) is 17.5 Å². The van der Waals surface area contributed by atoms with E-state index in [4.69, 9.17) is 0 Å². The summed E-state index contributed by atoms with van der Waals surface area (Å²) in [4.78, 5) is 22.9. The van der Waals surface area contributed by atoms with Gasteiger partial charge in [-0.3, -0.25) is 14.7 Å². The van der Waals surface area contributed by atoms with Gasteiger partial charge in [0.05, 0.1) is 5.69 Å². The summed E-state index contributed by atoms with van der Waals surface area (Å²) in [5.41, 5.74) is 1.17. The molecular formula is C12H12N4O2. The molecule has 2 rings (SSSR count). The Hall–Kier alpha value is -2.63. The molecule has 6 nitrogen and oxygen atoms in total. The van der Waals surface area contributed by atoms with Crippen molar-refractivity contribution in [1.82, 2.24) is 10.2 Å². The van der Waals surface area contributed by atoms with Gasteiger partial charge in [-0.1, -0.05) is 18.2 Å². The van der Waals surface area contributed by atoms with Crippen molar-refractivity contribution in [2.45, 2.75) is 6.92 Å². The molecule has 2 amide bonds. The molecule has 1 aromatic carbocycles. The Morgan fingerprint density at radius 3 is 2.56 bits per heavy atom. The van der Waals surface area contributed by atoms with Gasteiger partial charge < -0.3 is 10.6 Å². The quantitative estimate of drug-likeness (QED) is 0.766. The molecule has 18 heavy (non-hydrogen) atoms. The third kappa shape index (κ3) is 2.73. The number of nitrogens with zero attached hydrogens (tertiary/aromatic N) is 1. The summed E-state index contributed by atoms with van der Waals surface area (Å²) in [5, 5.41) is 11.6. The molecule has 92 valence electrons. The normalized spacial score (nSPS) is 9.83. The van der Waals surface area contributed by atoms with Crippen molar-refractivity contribution < 1.29 is 9.59 Å². The zero-order valence-corrected chi connectivity index (χ0v) is 9.73. The van der Waals surface area contributed by atoms with Gasteiger partial charge in [-0.2, -0.15) is 5.10 Å². The monoisotopic (exact) mass is 244 g/mol. The predicted octanol–water partition coefficient (Wildman–Crippen LogP) is 1.62. The van der Waals surface area contributed by atoms with Gasteiger partial charge in [0.2, 0.25) is 5.91 Å². The minimum Gasteiger partial charge on any atom is -0.323 e. The maximum absolute atomic E-state index is 11.9. The van der Waals surface area contributed by atoms with E-state index >= 15 is 0 Å². The number of carbonyl (C=O) groups excluding carboxylic acids is 2. The second-order valence-electron chi connectivity index (χ2n) is 3.65. The molecule has 0 radical (unpaired) electrons. The molecule has 0 saturated heterocycles. The fourth-order valence-electron chi connectivity index (χ4n) is 1.46. The van der Waals surface area contributed by atoms with E-state index in [1.165, 1.54) is 13.1 Å². The number of amides is 2. The molecule has 0 fully saturated rings. The molecule has 0 bridgehead atoms. The van der Waals surface area contributed by atoms with Gasteiger partial charge in [-0.15, -0.1) is 0 Å². The van der Waals surface area contributed by atoms with Gasteiger partial charge in [-0.25, -0.2) is 0 Å². The average molecular weight is 244 g/mol. The number of anilines is 2. The predicted molar refractivity (Wildman–Crippen MR) is 67.3 cm³/mol. The van der Waals surface area contributed by atoms with Crippen LogP contribution in [0.25, 0.3) is 0 Å². The molecule has 0 atom stereocenters. The summed E-state index contributed by atoms with van der Waals surface area (Å²) < 4.78 is 0. The van der Waals surface area contributed by atoms with Crippen molar-refractivity contribution in [3.63, 3.8) is 0 Å². The highest BCUT2D eigenvalue weighted by Crippen LogP contribution is 2.14. The van der Waals surface area contributed by atoms with E-state index in [1.807, 2.05) is 18.2 Å².